The largest absolute Gasteiger partial charge is 0.390 e. The molecule has 0 aliphatic carbocycles. The van der Waals surface area contributed by atoms with Gasteiger partial charge in [-0.2, -0.15) is 0 Å². The molecule has 28 heavy (non-hydrogen) atoms. The number of nitrogens with one attached hydrogen (secondary N) is 2. The molecule has 0 saturated carbocycles. The van der Waals surface area contributed by atoms with Crippen molar-refractivity contribution in [2.45, 2.75) is 32.5 Å². The van der Waals surface area contributed by atoms with E-state index in [2.05, 4.69) is 44.8 Å². The maximum Gasteiger partial charge on any atom is 0.191 e. The number of aliphatic hydroxyl groups excluding tert-OH is 1. The third-order valence-corrected chi connectivity index (χ3v) is 4.84. The molecule has 3 rings (SSSR count). The van der Waals surface area contributed by atoms with Crippen molar-refractivity contribution in [3.63, 3.8) is 0 Å². The predicted octanol–water partition coefficient (Wildman–Crippen LogP) is 2.30. The molecular formula is C22H29FN4O. The standard InChI is InChI=1S/C22H29FN4O/c1-2-24-22(25-13-17-6-5-9-20(23)12-17)26-14-21(28)16-27-11-10-18-7-3-4-8-19(18)15-27/h3-9,12,21,28H,2,10-11,13-16H2,1H3,(H2,24,25,26). The molecule has 0 radical (unpaired) electrons. The van der Waals surface area contributed by atoms with E-state index >= 15 is 0 Å². The average Bonchev–Trinajstić information content (AvgIpc) is 2.70. The Morgan fingerprint density at radius 2 is 2.00 bits per heavy atom. The van der Waals surface area contributed by atoms with Crippen LogP contribution in [0.4, 0.5) is 4.39 Å². The molecule has 0 amide bonds. The van der Waals surface area contributed by atoms with Crippen LogP contribution in [0.1, 0.15) is 23.6 Å². The second-order valence-electron chi connectivity index (χ2n) is 7.11. The molecule has 0 bridgehead atoms. The average molecular weight is 384 g/mol. The van der Waals surface area contributed by atoms with E-state index in [1.54, 1.807) is 6.07 Å². The highest BCUT2D eigenvalue weighted by Crippen LogP contribution is 2.18. The fourth-order valence-electron chi connectivity index (χ4n) is 3.43. The summed E-state index contributed by atoms with van der Waals surface area (Å²) < 4.78 is 13.3. The number of β-amino-alcohol motifs (C(OH)–C–C–N with tert-alkyl or cyclic N) is 1. The molecule has 0 spiro atoms. The Morgan fingerprint density at radius 3 is 2.79 bits per heavy atom. The van der Waals surface area contributed by atoms with Crippen molar-refractivity contribution in [3.8, 4) is 0 Å². The summed E-state index contributed by atoms with van der Waals surface area (Å²) in [4.78, 5) is 6.76. The third kappa shape index (κ3) is 6.04. The maximum absolute atomic E-state index is 13.3. The minimum absolute atomic E-state index is 0.260. The first-order chi connectivity index (χ1) is 13.6. The van der Waals surface area contributed by atoms with Gasteiger partial charge in [-0.05, 0) is 42.2 Å². The lowest BCUT2D eigenvalue weighted by Gasteiger charge is -2.30. The molecule has 5 nitrogen and oxygen atoms in total. The van der Waals surface area contributed by atoms with Gasteiger partial charge in [-0.15, -0.1) is 0 Å². The number of nitrogens with zero attached hydrogens (tertiary/aromatic N) is 2. The number of rotatable bonds is 7. The molecular weight excluding hydrogens is 355 g/mol. The molecule has 150 valence electrons. The minimum atomic E-state index is -0.497. The molecule has 1 aliphatic heterocycles. The second-order valence-corrected chi connectivity index (χ2v) is 7.11. The van der Waals surface area contributed by atoms with E-state index in [4.69, 9.17) is 0 Å². The van der Waals surface area contributed by atoms with Crippen molar-refractivity contribution in [3.05, 3.63) is 71.0 Å². The number of hydrogen-bond donors (Lipinski definition) is 3. The van der Waals surface area contributed by atoms with Crippen LogP contribution in [-0.2, 0) is 19.5 Å². The predicted molar refractivity (Wildman–Crippen MR) is 111 cm³/mol. The number of benzene rings is 2. The van der Waals surface area contributed by atoms with E-state index in [0.29, 0.717) is 32.1 Å². The number of aliphatic imine (C=N–C) groups is 1. The molecule has 3 N–H and O–H groups in total. The highest BCUT2D eigenvalue weighted by Gasteiger charge is 2.18. The molecule has 2 aromatic rings. The van der Waals surface area contributed by atoms with Crippen molar-refractivity contribution in [2.75, 3.05) is 26.2 Å². The Morgan fingerprint density at radius 1 is 1.18 bits per heavy atom. The number of fused-ring (bicyclic) bond motifs is 1. The van der Waals surface area contributed by atoms with Gasteiger partial charge in [0.15, 0.2) is 5.96 Å². The van der Waals surface area contributed by atoms with Gasteiger partial charge in [-0.1, -0.05) is 36.4 Å². The van der Waals surface area contributed by atoms with Crippen LogP contribution in [-0.4, -0.2) is 48.2 Å². The van der Waals surface area contributed by atoms with Crippen LogP contribution in [0.3, 0.4) is 0 Å². The lowest BCUT2D eigenvalue weighted by molar-refractivity contribution is 0.108. The van der Waals surface area contributed by atoms with Crippen LogP contribution in [0.2, 0.25) is 0 Å². The van der Waals surface area contributed by atoms with E-state index in [0.717, 1.165) is 25.1 Å². The summed E-state index contributed by atoms with van der Waals surface area (Å²) in [7, 11) is 0. The molecule has 6 heteroatoms. The van der Waals surface area contributed by atoms with Crippen LogP contribution in [0.5, 0.6) is 0 Å². The van der Waals surface area contributed by atoms with E-state index < -0.39 is 6.10 Å². The molecule has 2 aromatic carbocycles. The van der Waals surface area contributed by atoms with Crippen LogP contribution >= 0.6 is 0 Å². The molecule has 1 atom stereocenters. The molecule has 0 aromatic heterocycles. The fraction of sp³-hybridized carbons (Fsp3) is 0.409. The minimum Gasteiger partial charge on any atom is -0.390 e. The third-order valence-electron chi connectivity index (χ3n) is 4.84. The Hall–Kier alpha value is -2.44. The van der Waals surface area contributed by atoms with Gasteiger partial charge < -0.3 is 15.7 Å². The van der Waals surface area contributed by atoms with Gasteiger partial charge in [0.1, 0.15) is 5.82 Å². The zero-order valence-corrected chi connectivity index (χ0v) is 16.4. The molecule has 1 heterocycles. The number of hydrogen-bond acceptors (Lipinski definition) is 3. The first-order valence-corrected chi connectivity index (χ1v) is 9.88. The highest BCUT2D eigenvalue weighted by atomic mass is 19.1. The van der Waals surface area contributed by atoms with Gasteiger partial charge in [0, 0.05) is 32.7 Å². The van der Waals surface area contributed by atoms with Crippen molar-refractivity contribution >= 4 is 5.96 Å². The van der Waals surface area contributed by atoms with Crippen LogP contribution in [0.25, 0.3) is 0 Å². The van der Waals surface area contributed by atoms with Crippen LogP contribution in [0.15, 0.2) is 53.5 Å². The summed E-state index contributed by atoms with van der Waals surface area (Å²) in [6.07, 6.45) is 0.525. The molecule has 1 unspecified atom stereocenters. The van der Waals surface area contributed by atoms with Crippen LogP contribution < -0.4 is 10.6 Å². The molecule has 0 fully saturated rings. The summed E-state index contributed by atoms with van der Waals surface area (Å²) in [6, 6.07) is 14.9. The van der Waals surface area contributed by atoms with E-state index in [1.807, 2.05) is 13.0 Å². The first-order valence-electron chi connectivity index (χ1n) is 9.88. The Kier molecular flexibility index (Phi) is 7.39. The van der Waals surface area contributed by atoms with Gasteiger partial charge in [0.05, 0.1) is 12.6 Å². The number of aliphatic hydroxyl groups is 1. The van der Waals surface area contributed by atoms with Gasteiger partial charge in [-0.25, -0.2) is 9.38 Å². The Labute approximate surface area is 166 Å². The molecule has 1 aliphatic rings. The smallest absolute Gasteiger partial charge is 0.191 e. The fourth-order valence-corrected chi connectivity index (χ4v) is 3.43. The zero-order valence-electron chi connectivity index (χ0n) is 16.4. The number of guanidine groups is 1. The lowest BCUT2D eigenvalue weighted by atomic mass is 10.00. The highest BCUT2D eigenvalue weighted by molar-refractivity contribution is 5.79. The van der Waals surface area contributed by atoms with Gasteiger partial charge in [0.2, 0.25) is 0 Å². The Balaban J connectivity index is 1.48. The van der Waals surface area contributed by atoms with E-state index in [9.17, 15) is 9.50 Å². The summed E-state index contributed by atoms with van der Waals surface area (Å²) in [6.45, 7) is 5.95. The summed E-state index contributed by atoms with van der Waals surface area (Å²) in [5.74, 6) is 0.360. The Bertz CT molecular complexity index is 796. The van der Waals surface area contributed by atoms with Gasteiger partial charge in [-0.3, -0.25) is 4.90 Å². The lowest BCUT2D eigenvalue weighted by Crippen LogP contribution is -2.45. The second kappa shape index (κ2) is 10.2. The van der Waals surface area contributed by atoms with Gasteiger partial charge in [0.25, 0.3) is 0 Å². The van der Waals surface area contributed by atoms with Crippen LogP contribution in [0, 0.1) is 5.82 Å². The van der Waals surface area contributed by atoms with Crippen molar-refractivity contribution in [1.29, 1.82) is 0 Å². The van der Waals surface area contributed by atoms with E-state index in [1.165, 1.54) is 23.3 Å². The normalized spacial score (nSPS) is 15.8. The maximum atomic E-state index is 13.3. The topological polar surface area (TPSA) is 59.9 Å². The quantitative estimate of drug-likeness (QED) is 0.506. The number of halogens is 1. The summed E-state index contributed by atoms with van der Waals surface area (Å²) >= 11 is 0. The first kappa shape index (κ1) is 20.3. The summed E-state index contributed by atoms with van der Waals surface area (Å²) in [5, 5.41) is 16.8. The van der Waals surface area contributed by atoms with Crippen molar-refractivity contribution in [1.82, 2.24) is 15.5 Å². The zero-order chi connectivity index (χ0) is 19.8. The molecule has 0 saturated heterocycles. The van der Waals surface area contributed by atoms with E-state index in [-0.39, 0.29) is 5.82 Å². The van der Waals surface area contributed by atoms with Crippen molar-refractivity contribution < 1.29 is 9.50 Å². The van der Waals surface area contributed by atoms with Crippen molar-refractivity contribution in [2.24, 2.45) is 4.99 Å². The monoisotopic (exact) mass is 384 g/mol. The summed E-state index contributed by atoms with van der Waals surface area (Å²) in [5.41, 5.74) is 3.56. The van der Waals surface area contributed by atoms with Gasteiger partial charge >= 0.3 is 0 Å². The SMILES string of the molecule is CCNC(=NCc1cccc(F)c1)NCC(O)CN1CCc2ccccc2C1.